The van der Waals surface area contributed by atoms with Gasteiger partial charge in [0.1, 0.15) is 0 Å². The highest BCUT2D eigenvalue weighted by molar-refractivity contribution is 6.30. The first-order valence-corrected chi connectivity index (χ1v) is 9.82. The quantitative estimate of drug-likeness (QED) is 0.680. The Kier molecular flexibility index (Phi) is 6.53. The van der Waals surface area contributed by atoms with Gasteiger partial charge in [0.05, 0.1) is 6.54 Å². The van der Waals surface area contributed by atoms with Gasteiger partial charge < -0.3 is 15.1 Å². The molecule has 0 radical (unpaired) electrons. The summed E-state index contributed by atoms with van der Waals surface area (Å²) in [5.74, 6) is 2.34. The lowest BCUT2D eigenvalue weighted by Crippen LogP contribution is -2.51. The lowest BCUT2D eigenvalue weighted by atomic mass is 10.0. The van der Waals surface area contributed by atoms with Crippen molar-refractivity contribution in [2.75, 3.05) is 37.6 Å². The van der Waals surface area contributed by atoms with Gasteiger partial charge in [-0.3, -0.25) is 9.59 Å². The van der Waals surface area contributed by atoms with E-state index in [-0.39, 0.29) is 24.8 Å². The minimum atomic E-state index is -0.467. The van der Waals surface area contributed by atoms with E-state index in [1.807, 2.05) is 24.3 Å². The van der Waals surface area contributed by atoms with Crippen molar-refractivity contribution >= 4 is 29.1 Å². The van der Waals surface area contributed by atoms with E-state index >= 15 is 0 Å². The van der Waals surface area contributed by atoms with Crippen LogP contribution in [0, 0.1) is 12.3 Å². The maximum absolute atomic E-state index is 12.4. The number of carbonyl (C=O) groups excluding carboxylic acids is 2. The molecule has 3 rings (SSSR count). The topological polar surface area (TPSA) is 77.4 Å². The first-order valence-electron chi connectivity index (χ1n) is 9.44. The van der Waals surface area contributed by atoms with Crippen molar-refractivity contribution in [2.45, 2.75) is 31.3 Å². The maximum Gasteiger partial charge on any atom is 0.242 e. The van der Waals surface area contributed by atoms with Crippen LogP contribution in [0.2, 0.25) is 5.02 Å². The van der Waals surface area contributed by atoms with E-state index in [0.717, 1.165) is 18.8 Å². The molecule has 2 aliphatic rings. The molecule has 0 saturated carbocycles. The minimum absolute atomic E-state index is 0.0193. The van der Waals surface area contributed by atoms with Crippen LogP contribution in [-0.2, 0) is 9.59 Å². The molecule has 148 valence electrons. The monoisotopic (exact) mass is 401 g/mol. The van der Waals surface area contributed by atoms with Gasteiger partial charge in [0.25, 0.3) is 0 Å². The number of anilines is 1. The number of terminal acetylenes is 1. The third-order valence-corrected chi connectivity index (χ3v) is 5.32. The molecular formula is C20H24ClN5O2. The van der Waals surface area contributed by atoms with Crippen molar-refractivity contribution in [3.05, 3.63) is 29.3 Å². The first kappa shape index (κ1) is 20.2. The molecule has 0 aliphatic carbocycles. The summed E-state index contributed by atoms with van der Waals surface area (Å²) in [6.45, 7) is 2.78. The van der Waals surface area contributed by atoms with E-state index in [1.54, 1.807) is 4.90 Å². The number of nitrogens with one attached hydrogen (secondary N) is 1. The van der Waals surface area contributed by atoms with Crippen LogP contribution in [0.15, 0.2) is 34.5 Å². The van der Waals surface area contributed by atoms with E-state index < -0.39 is 5.66 Å². The van der Waals surface area contributed by atoms with Gasteiger partial charge in [0, 0.05) is 62.6 Å². The summed E-state index contributed by atoms with van der Waals surface area (Å²) < 4.78 is 0. The van der Waals surface area contributed by atoms with Gasteiger partial charge in [-0.05, 0) is 24.3 Å². The second kappa shape index (κ2) is 9.07. The van der Waals surface area contributed by atoms with Crippen LogP contribution in [0.25, 0.3) is 0 Å². The van der Waals surface area contributed by atoms with Crippen molar-refractivity contribution in [2.24, 2.45) is 10.2 Å². The van der Waals surface area contributed by atoms with Crippen molar-refractivity contribution in [1.29, 1.82) is 0 Å². The summed E-state index contributed by atoms with van der Waals surface area (Å²) >= 11 is 5.92. The molecule has 2 heterocycles. The highest BCUT2D eigenvalue weighted by atomic mass is 35.5. The number of benzene rings is 1. The molecule has 28 heavy (non-hydrogen) atoms. The molecule has 2 amide bonds. The fourth-order valence-corrected chi connectivity index (χ4v) is 3.35. The average molecular weight is 402 g/mol. The second-order valence-corrected chi connectivity index (χ2v) is 7.44. The SMILES string of the molecule is C#CCCC1(CCC(=O)NCC(=O)N2CCN(c3ccc(Cl)cc3)CC2)N=N1. The predicted octanol–water partition coefficient (Wildman–Crippen LogP) is 2.46. The summed E-state index contributed by atoms with van der Waals surface area (Å²) in [4.78, 5) is 28.4. The van der Waals surface area contributed by atoms with E-state index in [0.29, 0.717) is 37.4 Å². The zero-order valence-corrected chi connectivity index (χ0v) is 16.5. The predicted molar refractivity (Wildman–Crippen MR) is 108 cm³/mol. The van der Waals surface area contributed by atoms with Crippen LogP contribution >= 0.6 is 11.6 Å². The highest BCUT2D eigenvalue weighted by Gasteiger charge is 2.39. The standard InChI is InChI=1S/C20H24ClN5O2/c1-2-3-9-20(23-24-20)10-8-18(27)22-15-19(28)26-13-11-25(12-14-26)17-6-4-16(21)5-7-17/h1,4-7H,3,8-15H2,(H,22,27). The van der Waals surface area contributed by atoms with Gasteiger partial charge in [0.2, 0.25) is 11.8 Å². The smallest absolute Gasteiger partial charge is 0.242 e. The average Bonchev–Trinajstić information content (AvgIpc) is 3.50. The maximum atomic E-state index is 12.4. The number of rotatable bonds is 8. The van der Waals surface area contributed by atoms with E-state index in [4.69, 9.17) is 18.0 Å². The van der Waals surface area contributed by atoms with Crippen LogP contribution in [-0.4, -0.2) is 55.1 Å². The lowest BCUT2D eigenvalue weighted by Gasteiger charge is -2.36. The molecule has 7 nitrogen and oxygen atoms in total. The Labute approximate surface area is 170 Å². The normalized spacial score (nSPS) is 17.1. The van der Waals surface area contributed by atoms with Crippen LogP contribution in [0.4, 0.5) is 5.69 Å². The number of piperazine rings is 1. The van der Waals surface area contributed by atoms with Gasteiger partial charge in [-0.2, -0.15) is 10.2 Å². The molecule has 1 aromatic rings. The number of nitrogens with zero attached hydrogens (tertiary/aromatic N) is 4. The molecule has 8 heteroatoms. The van der Waals surface area contributed by atoms with E-state index in [9.17, 15) is 9.59 Å². The third-order valence-electron chi connectivity index (χ3n) is 5.07. The zero-order valence-electron chi connectivity index (χ0n) is 15.7. The lowest BCUT2D eigenvalue weighted by molar-refractivity contribution is -0.133. The Morgan fingerprint density at radius 2 is 1.82 bits per heavy atom. The van der Waals surface area contributed by atoms with Crippen LogP contribution in [0.5, 0.6) is 0 Å². The van der Waals surface area contributed by atoms with Crippen molar-refractivity contribution < 1.29 is 9.59 Å². The van der Waals surface area contributed by atoms with Crippen LogP contribution < -0.4 is 10.2 Å². The third kappa shape index (κ3) is 5.46. The molecule has 0 atom stereocenters. The summed E-state index contributed by atoms with van der Waals surface area (Å²) in [6.07, 6.45) is 7.35. The molecule has 0 aromatic heterocycles. The van der Waals surface area contributed by atoms with Gasteiger partial charge in [-0.15, -0.1) is 12.3 Å². The number of hydrogen-bond donors (Lipinski definition) is 1. The van der Waals surface area contributed by atoms with Gasteiger partial charge in [-0.25, -0.2) is 0 Å². The van der Waals surface area contributed by atoms with E-state index in [1.165, 1.54) is 0 Å². The molecule has 1 aromatic carbocycles. The highest BCUT2D eigenvalue weighted by Crippen LogP contribution is 2.37. The van der Waals surface area contributed by atoms with Crippen molar-refractivity contribution in [3.8, 4) is 12.3 Å². The Morgan fingerprint density at radius 1 is 1.14 bits per heavy atom. The summed E-state index contributed by atoms with van der Waals surface area (Å²) in [5, 5.41) is 11.4. The van der Waals surface area contributed by atoms with Crippen LogP contribution in [0.1, 0.15) is 25.7 Å². The molecule has 1 fully saturated rings. The number of amides is 2. The fraction of sp³-hybridized carbons (Fsp3) is 0.500. The Bertz CT molecular complexity index is 773. The summed E-state index contributed by atoms with van der Waals surface area (Å²) in [6, 6.07) is 7.69. The van der Waals surface area contributed by atoms with Crippen molar-refractivity contribution in [1.82, 2.24) is 10.2 Å². The molecule has 2 aliphatic heterocycles. The zero-order chi connectivity index (χ0) is 20.0. The molecule has 0 bridgehead atoms. The Hall–Kier alpha value is -2.59. The molecule has 0 spiro atoms. The number of hydrogen-bond acceptors (Lipinski definition) is 5. The van der Waals surface area contributed by atoms with Crippen LogP contribution in [0.3, 0.4) is 0 Å². The number of halogens is 1. The molecule has 1 saturated heterocycles. The largest absolute Gasteiger partial charge is 0.368 e. The molecular weight excluding hydrogens is 378 g/mol. The Morgan fingerprint density at radius 3 is 2.43 bits per heavy atom. The Balaban J connectivity index is 1.35. The molecule has 1 N–H and O–H groups in total. The summed E-state index contributed by atoms with van der Waals surface area (Å²) in [5.41, 5.74) is 0.630. The van der Waals surface area contributed by atoms with Gasteiger partial charge >= 0.3 is 0 Å². The van der Waals surface area contributed by atoms with Gasteiger partial charge in [0.15, 0.2) is 5.66 Å². The van der Waals surface area contributed by atoms with Gasteiger partial charge in [-0.1, -0.05) is 11.6 Å². The minimum Gasteiger partial charge on any atom is -0.368 e. The molecule has 0 unspecified atom stereocenters. The van der Waals surface area contributed by atoms with E-state index in [2.05, 4.69) is 26.4 Å². The number of carbonyl (C=O) groups is 2. The van der Waals surface area contributed by atoms with Crippen molar-refractivity contribution in [3.63, 3.8) is 0 Å². The first-order chi connectivity index (χ1) is 13.5. The summed E-state index contributed by atoms with van der Waals surface area (Å²) in [7, 11) is 0. The fourth-order valence-electron chi connectivity index (χ4n) is 3.22. The second-order valence-electron chi connectivity index (χ2n) is 7.01.